The van der Waals surface area contributed by atoms with Gasteiger partial charge in [0, 0.05) is 25.3 Å². The van der Waals surface area contributed by atoms with Crippen LogP contribution in [0.2, 0.25) is 0 Å². The standard InChI is InChI=1S/C19H27N3O3/c1-12(14-6-7-14)20-17(23)11-22-10-4-5-16(19(22)25)18(24)21(3)13(2)15-8-9-15/h4-5,10,12-15H,6-9,11H2,1-3H3,(H,20,23)/t12-,13+/m0/s1. The third-order valence-corrected chi connectivity index (χ3v) is 5.52. The van der Waals surface area contributed by atoms with Gasteiger partial charge in [-0.3, -0.25) is 14.4 Å². The Morgan fingerprint density at radius 2 is 1.88 bits per heavy atom. The lowest BCUT2D eigenvalue weighted by molar-refractivity contribution is -0.122. The first-order valence-corrected chi connectivity index (χ1v) is 9.14. The fourth-order valence-electron chi connectivity index (χ4n) is 3.26. The van der Waals surface area contributed by atoms with Crippen LogP contribution in [0.1, 0.15) is 49.9 Å². The fraction of sp³-hybridized carbons (Fsp3) is 0.632. The van der Waals surface area contributed by atoms with E-state index in [0.717, 1.165) is 25.7 Å². The predicted octanol–water partition coefficient (Wildman–Crippen LogP) is 1.63. The van der Waals surface area contributed by atoms with Crippen molar-refractivity contribution >= 4 is 11.8 Å². The van der Waals surface area contributed by atoms with Crippen molar-refractivity contribution in [3.63, 3.8) is 0 Å². The highest BCUT2D eigenvalue weighted by Crippen LogP contribution is 2.35. The number of hydrogen-bond donors (Lipinski definition) is 1. The van der Waals surface area contributed by atoms with E-state index in [1.54, 1.807) is 30.3 Å². The lowest BCUT2D eigenvalue weighted by Gasteiger charge is -2.24. The number of carbonyl (C=O) groups excluding carboxylic acids is 2. The zero-order valence-electron chi connectivity index (χ0n) is 15.2. The number of nitrogens with one attached hydrogen (secondary N) is 1. The molecule has 2 aliphatic rings. The van der Waals surface area contributed by atoms with Crippen molar-refractivity contribution in [2.24, 2.45) is 11.8 Å². The van der Waals surface area contributed by atoms with Crippen LogP contribution in [-0.4, -0.2) is 40.4 Å². The number of aromatic nitrogens is 1. The van der Waals surface area contributed by atoms with E-state index >= 15 is 0 Å². The minimum atomic E-state index is -0.406. The van der Waals surface area contributed by atoms with E-state index in [2.05, 4.69) is 5.32 Å². The molecule has 25 heavy (non-hydrogen) atoms. The van der Waals surface area contributed by atoms with Crippen LogP contribution in [0.25, 0.3) is 0 Å². The maximum Gasteiger partial charge on any atom is 0.263 e. The molecule has 0 aliphatic heterocycles. The average Bonchev–Trinajstić information content (AvgIpc) is 3.47. The zero-order chi connectivity index (χ0) is 18.1. The van der Waals surface area contributed by atoms with Gasteiger partial charge in [-0.1, -0.05) is 0 Å². The van der Waals surface area contributed by atoms with Gasteiger partial charge in [-0.2, -0.15) is 0 Å². The van der Waals surface area contributed by atoms with Gasteiger partial charge < -0.3 is 14.8 Å². The van der Waals surface area contributed by atoms with Gasteiger partial charge in [-0.15, -0.1) is 0 Å². The van der Waals surface area contributed by atoms with Crippen LogP contribution in [0, 0.1) is 11.8 Å². The lowest BCUT2D eigenvalue weighted by atomic mass is 10.1. The van der Waals surface area contributed by atoms with E-state index in [1.807, 2.05) is 13.8 Å². The van der Waals surface area contributed by atoms with Gasteiger partial charge in [0.05, 0.1) is 0 Å². The molecule has 136 valence electrons. The number of nitrogens with zero attached hydrogens (tertiary/aromatic N) is 2. The van der Waals surface area contributed by atoms with Crippen molar-refractivity contribution in [2.75, 3.05) is 7.05 Å². The Hall–Kier alpha value is -2.11. The Morgan fingerprint density at radius 1 is 1.24 bits per heavy atom. The third-order valence-electron chi connectivity index (χ3n) is 5.52. The maximum absolute atomic E-state index is 12.7. The van der Waals surface area contributed by atoms with Gasteiger partial charge in [0.2, 0.25) is 5.91 Å². The quantitative estimate of drug-likeness (QED) is 0.816. The minimum Gasteiger partial charge on any atom is -0.352 e. The summed E-state index contributed by atoms with van der Waals surface area (Å²) < 4.78 is 1.32. The molecule has 0 bridgehead atoms. The largest absolute Gasteiger partial charge is 0.352 e. The molecule has 0 aromatic carbocycles. The van der Waals surface area contributed by atoms with Gasteiger partial charge in [0.1, 0.15) is 12.1 Å². The molecular weight excluding hydrogens is 318 g/mol. The van der Waals surface area contributed by atoms with Crippen LogP contribution in [0.3, 0.4) is 0 Å². The number of pyridine rings is 1. The predicted molar refractivity (Wildman–Crippen MR) is 95.3 cm³/mol. The van der Waals surface area contributed by atoms with E-state index in [1.165, 1.54) is 4.57 Å². The molecule has 1 heterocycles. The number of amides is 2. The van der Waals surface area contributed by atoms with Gasteiger partial charge in [0.15, 0.2) is 0 Å². The van der Waals surface area contributed by atoms with Crippen LogP contribution in [0.5, 0.6) is 0 Å². The molecule has 2 amide bonds. The summed E-state index contributed by atoms with van der Waals surface area (Å²) in [7, 11) is 1.74. The van der Waals surface area contributed by atoms with Gasteiger partial charge in [0.25, 0.3) is 11.5 Å². The average molecular weight is 345 g/mol. The number of carbonyl (C=O) groups is 2. The molecule has 0 radical (unpaired) electrons. The van der Waals surface area contributed by atoms with E-state index in [9.17, 15) is 14.4 Å². The van der Waals surface area contributed by atoms with Crippen LogP contribution in [-0.2, 0) is 11.3 Å². The molecule has 2 aliphatic carbocycles. The Bertz CT molecular complexity index is 719. The summed E-state index contributed by atoms with van der Waals surface area (Å²) in [4.78, 5) is 39.1. The van der Waals surface area contributed by atoms with E-state index in [-0.39, 0.29) is 36.0 Å². The summed E-state index contributed by atoms with van der Waals surface area (Å²) in [5.41, 5.74) is -0.280. The van der Waals surface area contributed by atoms with Crippen LogP contribution >= 0.6 is 0 Å². The summed E-state index contributed by atoms with van der Waals surface area (Å²) in [5.74, 6) is 0.636. The van der Waals surface area contributed by atoms with Gasteiger partial charge in [-0.25, -0.2) is 0 Å². The van der Waals surface area contributed by atoms with Gasteiger partial charge >= 0.3 is 0 Å². The Balaban J connectivity index is 1.69. The van der Waals surface area contributed by atoms with Crippen molar-refractivity contribution in [2.45, 2.75) is 58.2 Å². The topological polar surface area (TPSA) is 71.4 Å². The molecule has 0 unspecified atom stereocenters. The summed E-state index contributed by atoms with van der Waals surface area (Å²) in [6.07, 6.45) is 6.13. The van der Waals surface area contributed by atoms with Crippen LogP contribution in [0.15, 0.2) is 23.1 Å². The summed E-state index contributed by atoms with van der Waals surface area (Å²) in [5, 5.41) is 2.94. The smallest absolute Gasteiger partial charge is 0.263 e. The number of rotatable bonds is 7. The number of hydrogen-bond acceptors (Lipinski definition) is 3. The summed E-state index contributed by atoms with van der Waals surface area (Å²) >= 11 is 0. The van der Waals surface area contributed by atoms with Crippen molar-refractivity contribution in [1.29, 1.82) is 0 Å². The first-order valence-electron chi connectivity index (χ1n) is 9.14. The van der Waals surface area contributed by atoms with E-state index in [4.69, 9.17) is 0 Å². The molecule has 1 N–H and O–H groups in total. The Labute approximate surface area is 148 Å². The monoisotopic (exact) mass is 345 g/mol. The molecule has 1 aromatic heterocycles. The third kappa shape index (κ3) is 4.11. The van der Waals surface area contributed by atoms with E-state index < -0.39 is 5.56 Å². The summed E-state index contributed by atoms with van der Waals surface area (Å²) in [6, 6.07) is 3.46. The molecule has 3 rings (SSSR count). The highest BCUT2D eigenvalue weighted by Gasteiger charge is 2.33. The Morgan fingerprint density at radius 3 is 2.48 bits per heavy atom. The van der Waals surface area contributed by atoms with Crippen molar-refractivity contribution < 1.29 is 9.59 Å². The normalized spacial score (nSPS) is 19.2. The molecule has 0 saturated heterocycles. The Kier molecular flexibility index (Phi) is 4.97. The van der Waals surface area contributed by atoms with Gasteiger partial charge in [-0.05, 0) is 63.5 Å². The van der Waals surface area contributed by atoms with Crippen LogP contribution in [0.4, 0.5) is 0 Å². The molecule has 2 atom stereocenters. The molecular formula is C19H27N3O3. The molecule has 2 fully saturated rings. The lowest BCUT2D eigenvalue weighted by Crippen LogP contribution is -2.42. The second-order valence-electron chi connectivity index (χ2n) is 7.54. The second kappa shape index (κ2) is 7.02. The first kappa shape index (κ1) is 17.7. The van der Waals surface area contributed by atoms with Crippen molar-refractivity contribution in [3.8, 4) is 0 Å². The molecule has 6 heteroatoms. The maximum atomic E-state index is 12.7. The molecule has 1 aromatic rings. The highest BCUT2D eigenvalue weighted by atomic mass is 16.2. The van der Waals surface area contributed by atoms with E-state index in [0.29, 0.717) is 11.8 Å². The fourth-order valence-corrected chi connectivity index (χ4v) is 3.26. The van der Waals surface area contributed by atoms with Crippen molar-refractivity contribution in [1.82, 2.24) is 14.8 Å². The SMILES string of the molecule is C[C@H](NC(=O)Cn1cccc(C(=O)N(C)[C@H](C)C2CC2)c1=O)C1CC1. The molecule has 2 saturated carbocycles. The second-order valence-corrected chi connectivity index (χ2v) is 7.54. The zero-order valence-corrected chi connectivity index (χ0v) is 15.2. The first-order chi connectivity index (χ1) is 11.9. The molecule has 0 spiro atoms. The molecule has 6 nitrogen and oxygen atoms in total. The van der Waals surface area contributed by atoms with Crippen LogP contribution < -0.4 is 10.9 Å². The summed E-state index contributed by atoms with van der Waals surface area (Å²) in [6.45, 7) is 3.95. The minimum absolute atomic E-state index is 0.0566. The van der Waals surface area contributed by atoms with Crippen molar-refractivity contribution in [3.05, 3.63) is 34.2 Å². The highest BCUT2D eigenvalue weighted by molar-refractivity contribution is 5.94.